The Morgan fingerprint density at radius 1 is 0.941 bits per heavy atom. The van der Waals surface area contributed by atoms with E-state index in [-0.39, 0.29) is 6.54 Å². The van der Waals surface area contributed by atoms with E-state index in [9.17, 15) is 14.4 Å². The van der Waals surface area contributed by atoms with Crippen LogP contribution in [0.25, 0.3) is 0 Å². The first-order valence-corrected chi connectivity index (χ1v) is 11.0. The maximum absolute atomic E-state index is 12.6. The summed E-state index contributed by atoms with van der Waals surface area (Å²) in [5.74, 6) is -0.242. The zero-order chi connectivity index (χ0) is 24.2. The summed E-state index contributed by atoms with van der Waals surface area (Å²) in [5.41, 5.74) is 3.52. The summed E-state index contributed by atoms with van der Waals surface area (Å²) in [6.07, 6.45) is 0. The molecule has 2 heterocycles. The second-order valence-electron chi connectivity index (χ2n) is 8.13. The smallest absolute Gasteiger partial charge is 0.262 e. The second-order valence-corrected chi connectivity index (χ2v) is 8.13. The zero-order valence-corrected chi connectivity index (χ0v) is 19.3. The zero-order valence-electron chi connectivity index (χ0n) is 19.3. The van der Waals surface area contributed by atoms with Gasteiger partial charge in [0.05, 0.1) is 11.1 Å². The maximum atomic E-state index is 12.6. The number of aromatic nitrogens is 2. The number of aryl methyl sites for hydroxylation is 2. The van der Waals surface area contributed by atoms with E-state index in [1.165, 1.54) is 12.5 Å². The lowest BCUT2D eigenvalue weighted by Gasteiger charge is -2.21. The molecule has 34 heavy (non-hydrogen) atoms. The highest BCUT2D eigenvalue weighted by Gasteiger charge is 2.40. The van der Waals surface area contributed by atoms with Crippen molar-refractivity contribution >= 4 is 35.2 Å². The molecule has 9 nitrogen and oxygen atoms in total. The molecule has 174 valence electrons. The van der Waals surface area contributed by atoms with Gasteiger partial charge in [0.25, 0.3) is 11.8 Å². The Morgan fingerprint density at radius 2 is 1.59 bits per heavy atom. The van der Waals surface area contributed by atoms with Gasteiger partial charge >= 0.3 is 0 Å². The normalized spacial score (nSPS) is 13.4. The van der Waals surface area contributed by atoms with Gasteiger partial charge in [0.1, 0.15) is 11.9 Å². The molecule has 0 saturated heterocycles. The fraction of sp³-hybridized carbons (Fsp3) is 0.240. The van der Waals surface area contributed by atoms with Crippen LogP contribution in [0, 0.1) is 13.8 Å². The number of fused-ring (bicyclic) bond motifs is 1. The largest absolute Gasteiger partial charge is 0.353 e. The van der Waals surface area contributed by atoms with E-state index in [2.05, 4.69) is 25.9 Å². The number of carbonyl (C=O) groups excluding carboxylic acids is 3. The van der Waals surface area contributed by atoms with Gasteiger partial charge in [-0.2, -0.15) is 4.98 Å². The SMILES string of the molecule is Cc1ccc(Nc2cc(C)nc(NCCNC(=O)C(C)N3C(=O)c4ccccc4C3=O)n2)cc1. The highest BCUT2D eigenvalue weighted by atomic mass is 16.2. The summed E-state index contributed by atoms with van der Waals surface area (Å²) in [6, 6.07) is 15.5. The van der Waals surface area contributed by atoms with Gasteiger partial charge in [-0.3, -0.25) is 19.3 Å². The number of carbonyl (C=O) groups is 3. The summed E-state index contributed by atoms with van der Waals surface area (Å²) >= 11 is 0. The van der Waals surface area contributed by atoms with Crippen LogP contribution >= 0.6 is 0 Å². The number of anilines is 3. The van der Waals surface area contributed by atoms with Gasteiger partial charge in [0, 0.05) is 30.5 Å². The lowest BCUT2D eigenvalue weighted by atomic mass is 10.1. The van der Waals surface area contributed by atoms with Crippen LogP contribution in [0.3, 0.4) is 0 Å². The highest BCUT2D eigenvalue weighted by Crippen LogP contribution is 2.24. The molecule has 0 bridgehead atoms. The van der Waals surface area contributed by atoms with E-state index in [1.54, 1.807) is 24.3 Å². The van der Waals surface area contributed by atoms with Gasteiger partial charge in [0.15, 0.2) is 0 Å². The van der Waals surface area contributed by atoms with E-state index in [0.29, 0.717) is 29.4 Å². The summed E-state index contributed by atoms with van der Waals surface area (Å²) in [7, 11) is 0. The number of hydrogen-bond donors (Lipinski definition) is 3. The van der Waals surface area contributed by atoms with Crippen LogP contribution in [-0.2, 0) is 4.79 Å². The molecule has 1 aliphatic rings. The minimum atomic E-state index is -0.923. The third-order valence-corrected chi connectivity index (χ3v) is 5.48. The Kier molecular flexibility index (Phi) is 6.53. The third kappa shape index (κ3) is 4.88. The molecule has 1 aliphatic heterocycles. The van der Waals surface area contributed by atoms with Gasteiger partial charge in [-0.15, -0.1) is 0 Å². The van der Waals surface area contributed by atoms with Crippen LogP contribution in [0.4, 0.5) is 17.5 Å². The molecule has 2 aromatic carbocycles. The molecule has 9 heteroatoms. The molecule has 1 atom stereocenters. The molecule has 3 aromatic rings. The number of hydrogen-bond acceptors (Lipinski definition) is 7. The number of imide groups is 1. The van der Waals surface area contributed by atoms with Crippen molar-refractivity contribution in [2.75, 3.05) is 23.7 Å². The van der Waals surface area contributed by atoms with Gasteiger partial charge in [0.2, 0.25) is 11.9 Å². The highest BCUT2D eigenvalue weighted by molar-refractivity contribution is 6.22. The first-order valence-electron chi connectivity index (χ1n) is 11.0. The average molecular weight is 459 g/mol. The van der Waals surface area contributed by atoms with Crippen LogP contribution in [0.5, 0.6) is 0 Å². The topological polar surface area (TPSA) is 116 Å². The van der Waals surface area contributed by atoms with E-state index >= 15 is 0 Å². The lowest BCUT2D eigenvalue weighted by molar-refractivity contribution is -0.124. The molecule has 4 rings (SSSR count). The molecule has 1 unspecified atom stereocenters. The molecule has 3 N–H and O–H groups in total. The molecule has 0 radical (unpaired) electrons. The Morgan fingerprint density at radius 3 is 2.24 bits per heavy atom. The van der Waals surface area contributed by atoms with Crippen LogP contribution in [0.1, 0.15) is 38.9 Å². The Hall–Kier alpha value is -4.27. The van der Waals surface area contributed by atoms with Gasteiger partial charge < -0.3 is 16.0 Å². The second kappa shape index (κ2) is 9.70. The van der Waals surface area contributed by atoms with Gasteiger partial charge in [-0.05, 0) is 45.0 Å². The first kappa shape index (κ1) is 22.9. The molecule has 0 aliphatic carbocycles. The number of rotatable bonds is 8. The van der Waals surface area contributed by atoms with Crippen molar-refractivity contribution in [1.29, 1.82) is 0 Å². The fourth-order valence-electron chi connectivity index (χ4n) is 3.68. The van der Waals surface area contributed by atoms with Crippen molar-refractivity contribution in [3.05, 3.63) is 77.0 Å². The minimum Gasteiger partial charge on any atom is -0.353 e. The fourth-order valence-corrected chi connectivity index (χ4v) is 3.68. The van der Waals surface area contributed by atoms with Crippen molar-refractivity contribution in [1.82, 2.24) is 20.2 Å². The minimum absolute atomic E-state index is 0.268. The average Bonchev–Trinajstić information content (AvgIpc) is 3.07. The molecular formula is C25H26N6O3. The summed E-state index contributed by atoms with van der Waals surface area (Å²) in [4.78, 5) is 47.6. The van der Waals surface area contributed by atoms with Crippen LogP contribution in [-0.4, -0.2) is 51.7 Å². The van der Waals surface area contributed by atoms with Crippen molar-refractivity contribution in [2.45, 2.75) is 26.8 Å². The van der Waals surface area contributed by atoms with E-state index in [0.717, 1.165) is 16.3 Å². The van der Waals surface area contributed by atoms with Crippen molar-refractivity contribution < 1.29 is 14.4 Å². The summed E-state index contributed by atoms with van der Waals surface area (Å²) < 4.78 is 0. The molecule has 3 amide bonds. The number of nitrogens with one attached hydrogen (secondary N) is 3. The summed E-state index contributed by atoms with van der Waals surface area (Å²) in [6.45, 7) is 6.08. The van der Waals surface area contributed by atoms with Crippen LogP contribution in [0.15, 0.2) is 54.6 Å². The number of amides is 3. The van der Waals surface area contributed by atoms with E-state index < -0.39 is 23.8 Å². The van der Waals surface area contributed by atoms with Crippen LogP contribution in [0.2, 0.25) is 0 Å². The molecular weight excluding hydrogens is 432 g/mol. The van der Waals surface area contributed by atoms with Gasteiger partial charge in [-0.1, -0.05) is 29.8 Å². The maximum Gasteiger partial charge on any atom is 0.262 e. The van der Waals surface area contributed by atoms with Crippen molar-refractivity contribution in [3.63, 3.8) is 0 Å². The predicted octanol–water partition coefficient (Wildman–Crippen LogP) is 3.05. The Labute approximate surface area is 197 Å². The van der Waals surface area contributed by atoms with Crippen molar-refractivity contribution in [2.24, 2.45) is 0 Å². The lowest BCUT2D eigenvalue weighted by Crippen LogP contribution is -2.48. The molecule has 0 fully saturated rings. The quantitative estimate of drug-likeness (QED) is 0.351. The monoisotopic (exact) mass is 458 g/mol. The third-order valence-electron chi connectivity index (χ3n) is 5.48. The number of benzene rings is 2. The standard InChI is InChI=1S/C25H26N6O3/c1-15-8-10-18(11-9-15)29-21-14-16(2)28-25(30-21)27-13-12-26-22(32)17(3)31-23(33)19-6-4-5-7-20(19)24(31)34/h4-11,14,17H,12-13H2,1-3H3,(H,26,32)(H2,27,28,29,30). The van der Waals surface area contributed by atoms with Crippen LogP contribution < -0.4 is 16.0 Å². The Balaban J connectivity index is 1.30. The summed E-state index contributed by atoms with van der Waals surface area (Å²) in [5, 5.41) is 9.10. The molecule has 0 saturated carbocycles. The number of nitrogens with zero attached hydrogens (tertiary/aromatic N) is 3. The van der Waals surface area contributed by atoms with Gasteiger partial charge in [-0.25, -0.2) is 4.98 Å². The van der Waals surface area contributed by atoms with E-state index in [4.69, 9.17) is 0 Å². The van der Waals surface area contributed by atoms with E-state index in [1.807, 2.05) is 44.2 Å². The Bertz CT molecular complexity index is 1210. The van der Waals surface area contributed by atoms with Crippen molar-refractivity contribution in [3.8, 4) is 0 Å². The molecule has 0 spiro atoms. The molecule has 1 aromatic heterocycles. The first-order chi connectivity index (χ1) is 16.3. The predicted molar refractivity (Wildman–Crippen MR) is 129 cm³/mol.